The van der Waals surface area contributed by atoms with Crippen LogP contribution in [-0.4, -0.2) is 55.3 Å². The summed E-state index contributed by atoms with van der Waals surface area (Å²) < 4.78 is 24.3. The molecule has 5 nitrogen and oxygen atoms in total. The number of likely N-dealkylation sites (tertiary alicyclic amines) is 1. The van der Waals surface area contributed by atoms with E-state index in [0.717, 1.165) is 12.8 Å². The second-order valence-corrected chi connectivity index (χ2v) is 6.10. The van der Waals surface area contributed by atoms with E-state index < -0.39 is 0 Å². The van der Waals surface area contributed by atoms with Gasteiger partial charge in [0, 0.05) is 32.5 Å². The van der Waals surface area contributed by atoms with Crippen LogP contribution in [0, 0.1) is 5.82 Å². The number of nitrogens with zero attached hydrogens (tertiary/aromatic N) is 1. The van der Waals surface area contributed by atoms with Gasteiger partial charge in [-0.25, -0.2) is 4.39 Å². The molecule has 2 aliphatic rings. The van der Waals surface area contributed by atoms with E-state index in [2.05, 4.69) is 5.32 Å². The van der Waals surface area contributed by atoms with Gasteiger partial charge in [0.05, 0.1) is 12.7 Å². The van der Waals surface area contributed by atoms with Crippen molar-refractivity contribution in [2.45, 2.75) is 38.0 Å². The summed E-state index contributed by atoms with van der Waals surface area (Å²) in [6.45, 7) is 4.65. The summed E-state index contributed by atoms with van der Waals surface area (Å²) in [5.41, 5.74) is 0. The first-order valence-electron chi connectivity index (χ1n) is 8.19. The van der Waals surface area contributed by atoms with E-state index in [1.54, 1.807) is 12.1 Å². The molecule has 2 heterocycles. The number of ether oxygens (including phenoxy) is 2. The van der Waals surface area contributed by atoms with Gasteiger partial charge in [-0.3, -0.25) is 4.79 Å². The van der Waals surface area contributed by atoms with Gasteiger partial charge in [0.1, 0.15) is 23.7 Å². The average molecular weight is 359 g/mol. The normalized spacial score (nSPS) is 25.0. The molecule has 1 amide bonds. The Morgan fingerprint density at radius 1 is 1.29 bits per heavy atom. The molecular formula is C17H24ClFN2O3. The van der Waals surface area contributed by atoms with E-state index in [4.69, 9.17) is 9.47 Å². The van der Waals surface area contributed by atoms with E-state index in [1.165, 1.54) is 12.1 Å². The molecule has 0 radical (unpaired) electrons. The van der Waals surface area contributed by atoms with Gasteiger partial charge in [-0.2, -0.15) is 0 Å². The van der Waals surface area contributed by atoms with Crippen molar-refractivity contribution in [2.24, 2.45) is 0 Å². The van der Waals surface area contributed by atoms with Crippen molar-refractivity contribution in [1.29, 1.82) is 0 Å². The standard InChI is InChI=1S/C17H23FN2O3.ClH/c1-12-16(19-8-11-22-12)17(21)20-9-6-15(7-10-20)23-14-4-2-13(18)3-5-14;/h2-5,12,15-16,19H,6-11H2,1H3;1H/t12-,16+;/m1./s1. The number of morpholine rings is 1. The fourth-order valence-electron chi connectivity index (χ4n) is 3.11. The summed E-state index contributed by atoms with van der Waals surface area (Å²) in [6.07, 6.45) is 1.54. The van der Waals surface area contributed by atoms with E-state index in [1.807, 2.05) is 11.8 Å². The van der Waals surface area contributed by atoms with Gasteiger partial charge in [-0.15, -0.1) is 12.4 Å². The van der Waals surface area contributed by atoms with Crippen LogP contribution in [0.4, 0.5) is 4.39 Å². The van der Waals surface area contributed by atoms with Crippen LogP contribution in [0.25, 0.3) is 0 Å². The van der Waals surface area contributed by atoms with Gasteiger partial charge < -0.3 is 19.7 Å². The van der Waals surface area contributed by atoms with Crippen molar-refractivity contribution in [3.63, 3.8) is 0 Å². The second kappa shape index (κ2) is 8.65. The van der Waals surface area contributed by atoms with Crippen LogP contribution in [-0.2, 0) is 9.53 Å². The molecule has 0 aromatic heterocycles. The van der Waals surface area contributed by atoms with Crippen molar-refractivity contribution < 1.29 is 18.7 Å². The predicted molar refractivity (Wildman–Crippen MR) is 91.1 cm³/mol. The molecule has 0 bridgehead atoms. The maximum atomic E-state index is 12.9. The second-order valence-electron chi connectivity index (χ2n) is 6.10. The topological polar surface area (TPSA) is 50.8 Å². The van der Waals surface area contributed by atoms with Crippen LogP contribution >= 0.6 is 12.4 Å². The molecule has 3 rings (SSSR count). The lowest BCUT2D eigenvalue weighted by atomic mass is 10.0. The van der Waals surface area contributed by atoms with Crippen molar-refractivity contribution in [3.8, 4) is 5.75 Å². The Labute approximate surface area is 147 Å². The number of rotatable bonds is 3. The number of amides is 1. The molecular weight excluding hydrogens is 335 g/mol. The Bertz CT molecular complexity index is 535. The highest BCUT2D eigenvalue weighted by Gasteiger charge is 2.33. The summed E-state index contributed by atoms with van der Waals surface area (Å²) in [5.74, 6) is 0.513. The van der Waals surface area contributed by atoms with E-state index in [-0.39, 0.29) is 42.4 Å². The van der Waals surface area contributed by atoms with Gasteiger partial charge in [0.25, 0.3) is 0 Å². The lowest BCUT2D eigenvalue weighted by Gasteiger charge is -2.37. The fourth-order valence-corrected chi connectivity index (χ4v) is 3.11. The minimum absolute atomic E-state index is 0. The Hall–Kier alpha value is -1.37. The SMILES string of the molecule is C[C@H]1OCCN[C@@H]1C(=O)N1CCC(Oc2ccc(F)cc2)CC1.Cl. The molecule has 0 unspecified atom stereocenters. The van der Waals surface area contributed by atoms with E-state index in [0.29, 0.717) is 32.0 Å². The lowest BCUT2D eigenvalue weighted by Crippen LogP contribution is -2.57. The molecule has 7 heteroatoms. The number of piperidine rings is 1. The third-order valence-electron chi connectivity index (χ3n) is 4.45. The summed E-state index contributed by atoms with van der Waals surface area (Å²) in [7, 11) is 0. The lowest BCUT2D eigenvalue weighted by molar-refractivity contribution is -0.141. The fraction of sp³-hybridized carbons (Fsp3) is 0.588. The number of hydrogen-bond donors (Lipinski definition) is 1. The Kier molecular flexibility index (Phi) is 6.83. The summed E-state index contributed by atoms with van der Waals surface area (Å²) in [6, 6.07) is 5.81. The molecule has 134 valence electrons. The van der Waals surface area contributed by atoms with Crippen LogP contribution in [0.5, 0.6) is 5.75 Å². The quantitative estimate of drug-likeness (QED) is 0.898. The van der Waals surface area contributed by atoms with Crippen molar-refractivity contribution in [2.75, 3.05) is 26.2 Å². The molecule has 1 aromatic carbocycles. The molecule has 1 N–H and O–H groups in total. The monoisotopic (exact) mass is 358 g/mol. The Morgan fingerprint density at radius 3 is 2.58 bits per heavy atom. The molecule has 0 aliphatic carbocycles. The first-order chi connectivity index (χ1) is 11.1. The maximum Gasteiger partial charge on any atom is 0.242 e. The summed E-state index contributed by atoms with van der Waals surface area (Å²) in [4.78, 5) is 14.4. The van der Waals surface area contributed by atoms with Crippen molar-refractivity contribution >= 4 is 18.3 Å². The van der Waals surface area contributed by atoms with Gasteiger partial charge >= 0.3 is 0 Å². The zero-order valence-corrected chi connectivity index (χ0v) is 14.6. The molecule has 2 saturated heterocycles. The van der Waals surface area contributed by atoms with Crippen LogP contribution in [0.3, 0.4) is 0 Å². The Morgan fingerprint density at radius 2 is 1.96 bits per heavy atom. The number of benzene rings is 1. The van der Waals surface area contributed by atoms with Crippen molar-refractivity contribution in [3.05, 3.63) is 30.1 Å². The molecule has 2 aliphatic heterocycles. The van der Waals surface area contributed by atoms with Gasteiger partial charge in [0.15, 0.2) is 0 Å². The van der Waals surface area contributed by atoms with Gasteiger partial charge in [0.2, 0.25) is 5.91 Å². The summed E-state index contributed by atoms with van der Waals surface area (Å²) >= 11 is 0. The largest absolute Gasteiger partial charge is 0.490 e. The molecule has 1 aromatic rings. The van der Waals surface area contributed by atoms with E-state index >= 15 is 0 Å². The minimum Gasteiger partial charge on any atom is -0.490 e. The zero-order valence-electron chi connectivity index (χ0n) is 13.7. The van der Waals surface area contributed by atoms with Gasteiger partial charge in [-0.05, 0) is 31.2 Å². The molecule has 24 heavy (non-hydrogen) atoms. The van der Waals surface area contributed by atoms with Crippen molar-refractivity contribution in [1.82, 2.24) is 10.2 Å². The number of hydrogen-bond acceptors (Lipinski definition) is 4. The third kappa shape index (κ3) is 4.59. The number of carbonyl (C=O) groups excluding carboxylic acids is 1. The first kappa shape index (κ1) is 19.0. The minimum atomic E-state index is -0.269. The highest BCUT2D eigenvalue weighted by Crippen LogP contribution is 2.20. The highest BCUT2D eigenvalue weighted by molar-refractivity contribution is 5.85. The Balaban J connectivity index is 0.00000208. The molecule has 2 fully saturated rings. The average Bonchev–Trinajstić information content (AvgIpc) is 2.57. The molecule has 2 atom stereocenters. The highest BCUT2D eigenvalue weighted by atomic mass is 35.5. The smallest absolute Gasteiger partial charge is 0.242 e. The van der Waals surface area contributed by atoms with Crippen LogP contribution in [0.15, 0.2) is 24.3 Å². The first-order valence-corrected chi connectivity index (χ1v) is 8.19. The number of halogens is 2. The molecule has 0 spiro atoms. The number of carbonyl (C=O) groups is 1. The summed E-state index contributed by atoms with van der Waals surface area (Å²) in [5, 5.41) is 3.24. The third-order valence-corrected chi connectivity index (χ3v) is 4.45. The molecule has 0 saturated carbocycles. The predicted octanol–water partition coefficient (Wildman–Crippen LogP) is 1.99. The number of nitrogens with one attached hydrogen (secondary N) is 1. The van der Waals surface area contributed by atoms with Gasteiger partial charge in [-0.1, -0.05) is 0 Å². The van der Waals surface area contributed by atoms with Crippen LogP contribution < -0.4 is 10.1 Å². The van der Waals surface area contributed by atoms with E-state index in [9.17, 15) is 9.18 Å². The van der Waals surface area contributed by atoms with Crippen LogP contribution in [0.1, 0.15) is 19.8 Å². The van der Waals surface area contributed by atoms with Crippen LogP contribution in [0.2, 0.25) is 0 Å². The maximum absolute atomic E-state index is 12.9. The zero-order chi connectivity index (χ0) is 16.2.